The predicted octanol–water partition coefficient (Wildman–Crippen LogP) is 7.50. The molecule has 158 valence electrons. The summed E-state index contributed by atoms with van der Waals surface area (Å²) in [6, 6.07) is 38.4. The summed E-state index contributed by atoms with van der Waals surface area (Å²) in [4.78, 5) is 2.27. The quantitative estimate of drug-likeness (QED) is 0.313. The van der Waals surface area contributed by atoms with Gasteiger partial charge in [0.25, 0.3) is 0 Å². The molecule has 0 amide bonds. The first-order chi connectivity index (χ1) is 15.7. The second kappa shape index (κ2) is 8.72. The molecule has 4 aromatic rings. The van der Waals surface area contributed by atoms with Gasteiger partial charge in [0.1, 0.15) is 0 Å². The Morgan fingerprint density at radius 1 is 0.656 bits per heavy atom. The number of para-hydroxylation sites is 3. The van der Waals surface area contributed by atoms with Gasteiger partial charge in [-0.2, -0.15) is 5.10 Å². The molecule has 0 fully saturated rings. The molecule has 0 N–H and O–H groups in total. The molecule has 1 aliphatic heterocycles. The van der Waals surface area contributed by atoms with E-state index in [1.54, 1.807) is 0 Å². The van der Waals surface area contributed by atoms with Crippen molar-refractivity contribution in [3.05, 3.63) is 120 Å². The molecule has 4 aromatic carbocycles. The number of benzene rings is 4. The van der Waals surface area contributed by atoms with Gasteiger partial charge in [0, 0.05) is 23.0 Å². The van der Waals surface area contributed by atoms with Gasteiger partial charge in [0.15, 0.2) is 0 Å². The monoisotopic (exact) mass is 417 g/mol. The van der Waals surface area contributed by atoms with Gasteiger partial charge in [-0.15, -0.1) is 0 Å². The van der Waals surface area contributed by atoms with Crippen molar-refractivity contribution in [3.8, 4) is 0 Å². The smallest absolute Gasteiger partial charge is 0.0632 e. The van der Waals surface area contributed by atoms with E-state index in [2.05, 4.69) is 121 Å². The first-order valence-corrected chi connectivity index (χ1v) is 11.1. The van der Waals surface area contributed by atoms with Crippen LogP contribution in [0.1, 0.15) is 30.9 Å². The van der Waals surface area contributed by atoms with Crippen molar-refractivity contribution in [2.75, 3.05) is 9.91 Å². The van der Waals surface area contributed by atoms with Gasteiger partial charge in [-0.1, -0.05) is 73.7 Å². The third-order valence-corrected chi connectivity index (χ3v) is 6.29. The van der Waals surface area contributed by atoms with E-state index in [1.165, 1.54) is 11.3 Å². The number of nitrogens with zero attached hydrogens (tertiary/aromatic N) is 3. The third kappa shape index (κ3) is 3.78. The molecule has 0 radical (unpaired) electrons. The van der Waals surface area contributed by atoms with Crippen LogP contribution in [-0.2, 0) is 0 Å². The maximum Gasteiger partial charge on any atom is 0.0632 e. The van der Waals surface area contributed by atoms with Gasteiger partial charge < -0.3 is 4.90 Å². The summed E-state index contributed by atoms with van der Waals surface area (Å²) in [5.74, 6) is 0.469. The Bertz CT molecular complexity index is 1160. The lowest BCUT2D eigenvalue weighted by Crippen LogP contribution is -2.25. The zero-order valence-electron chi connectivity index (χ0n) is 18.5. The van der Waals surface area contributed by atoms with Crippen LogP contribution in [0.15, 0.2) is 114 Å². The van der Waals surface area contributed by atoms with Crippen LogP contribution in [0.2, 0.25) is 0 Å². The van der Waals surface area contributed by atoms with Crippen molar-refractivity contribution in [1.29, 1.82) is 0 Å². The van der Waals surface area contributed by atoms with Gasteiger partial charge in [-0.3, -0.25) is 5.01 Å². The fourth-order valence-electron chi connectivity index (χ4n) is 4.38. The van der Waals surface area contributed by atoms with Crippen LogP contribution >= 0.6 is 0 Å². The minimum atomic E-state index is 0.342. The molecule has 3 heteroatoms. The van der Waals surface area contributed by atoms with Gasteiger partial charge in [-0.05, 0) is 60.5 Å². The van der Waals surface area contributed by atoms with Crippen molar-refractivity contribution < 1.29 is 0 Å². The largest absolute Gasteiger partial charge is 0.311 e. The maximum absolute atomic E-state index is 4.85. The Hall–Kier alpha value is -3.85. The standard InChI is InChI=1S/C29H27N3/c1-22-23(2)32(29-16-10-9-15-28(22)29)30-21-24-17-19-27(20-18-24)31(25-11-5-3-6-12-25)26-13-7-4-8-14-26/h3-23H,1-2H3. The Morgan fingerprint density at radius 2 is 1.19 bits per heavy atom. The Kier molecular flexibility index (Phi) is 5.47. The molecular weight excluding hydrogens is 390 g/mol. The minimum absolute atomic E-state index is 0.342. The summed E-state index contributed by atoms with van der Waals surface area (Å²) >= 11 is 0. The predicted molar refractivity (Wildman–Crippen MR) is 136 cm³/mol. The van der Waals surface area contributed by atoms with E-state index in [4.69, 9.17) is 5.10 Å². The topological polar surface area (TPSA) is 18.8 Å². The van der Waals surface area contributed by atoms with E-state index in [0.717, 1.165) is 22.6 Å². The van der Waals surface area contributed by atoms with Crippen molar-refractivity contribution in [2.45, 2.75) is 25.8 Å². The van der Waals surface area contributed by atoms with Crippen LogP contribution in [0.3, 0.4) is 0 Å². The summed E-state index contributed by atoms with van der Waals surface area (Å²) in [5.41, 5.74) is 7.05. The SMILES string of the molecule is CC1c2ccccc2N(N=Cc2ccc(N(c3ccccc3)c3ccccc3)cc2)C1C. The van der Waals surface area contributed by atoms with Gasteiger partial charge in [-0.25, -0.2) is 0 Å². The molecule has 0 bridgehead atoms. The van der Waals surface area contributed by atoms with Crippen LogP contribution < -0.4 is 9.91 Å². The van der Waals surface area contributed by atoms with Crippen molar-refractivity contribution in [3.63, 3.8) is 0 Å². The first-order valence-electron chi connectivity index (χ1n) is 11.1. The molecule has 5 rings (SSSR count). The van der Waals surface area contributed by atoms with E-state index in [1.807, 2.05) is 18.3 Å². The van der Waals surface area contributed by atoms with Crippen molar-refractivity contribution in [2.24, 2.45) is 5.10 Å². The summed E-state index contributed by atoms with van der Waals surface area (Å²) in [6.45, 7) is 4.51. The number of hydrogen-bond donors (Lipinski definition) is 0. The summed E-state index contributed by atoms with van der Waals surface area (Å²) in [7, 11) is 0. The van der Waals surface area contributed by atoms with Crippen molar-refractivity contribution >= 4 is 29.0 Å². The van der Waals surface area contributed by atoms with Crippen LogP contribution in [0.4, 0.5) is 22.7 Å². The lowest BCUT2D eigenvalue weighted by molar-refractivity contribution is 0.607. The van der Waals surface area contributed by atoms with E-state index in [0.29, 0.717) is 12.0 Å². The Balaban J connectivity index is 1.42. The summed E-state index contributed by atoms with van der Waals surface area (Å²) in [6.07, 6.45) is 1.96. The van der Waals surface area contributed by atoms with Gasteiger partial charge in [0.05, 0.1) is 17.9 Å². The lowest BCUT2D eigenvalue weighted by Gasteiger charge is -2.25. The molecule has 0 aliphatic carbocycles. The van der Waals surface area contributed by atoms with Gasteiger partial charge >= 0.3 is 0 Å². The van der Waals surface area contributed by atoms with Gasteiger partial charge in [0.2, 0.25) is 0 Å². The first kappa shape index (κ1) is 20.1. The minimum Gasteiger partial charge on any atom is -0.311 e. The average molecular weight is 418 g/mol. The molecule has 1 heterocycles. The van der Waals surface area contributed by atoms with Crippen LogP contribution in [0.5, 0.6) is 0 Å². The van der Waals surface area contributed by atoms with E-state index < -0.39 is 0 Å². The molecule has 0 aromatic heterocycles. The number of hydrazone groups is 1. The number of fused-ring (bicyclic) bond motifs is 1. The highest BCUT2D eigenvalue weighted by Gasteiger charge is 2.32. The highest BCUT2D eigenvalue weighted by molar-refractivity contribution is 5.83. The average Bonchev–Trinajstić information content (AvgIpc) is 3.10. The highest BCUT2D eigenvalue weighted by atomic mass is 15.5. The van der Waals surface area contributed by atoms with E-state index >= 15 is 0 Å². The molecule has 2 atom stereocenters. The molecule has 32 heavy (non-hydrogen) atoms. The molecule has 1 aliphatic rings. The Labute approximate surface area is 190 Å². The third-order valence-electron chi connectivity index (χ3n) is 6.29. The van der Waals surface area contributed by atoms with Crippen LogP contribution in [0.25, 0.3) is 0 Å². The normalized spacial score (nSPS) is 17.5. The van der Waals surface area contributed by atoms with Crippen molar-refractivity contribution in [1.82, 2.24) is 0 Å². The number of anilines is 4. The maximum atomic E-state index is 4.85. The molecule has 0 saturated carbocycles. The van der Waals surface area contributed by atoms with Crippen LogP contribution in [-0.4, -0.2) is 12.3 Å². The molecule has 3 nitrogen and oxygen atoms in total. The number of hydrogen-bond acceptors (Lipinski definition) is 3. The van der Waals surface area contributed by atoms with E-state index in [9.17, 15) is 0 Å². The molecule has 0 spiro atoms. The second-order valence-corrected chi connectivity index (χ2v) is 8.28. The number of rotatable bonds is 5. The summed E-state index contributed by atoms with van der Waals surface area (Å²) in [5, 5.41) is 7.00. The molecule has 0 saturated heterocycles. The molecular formula is C29H27N3. The fraction of sp³-hybridized carbons (Fsp3) is 0.138. The lowest BCUT2D eigenvalue weighted by atomic mass is 9.99. The molecule has 2 unspecified atom stereocenters. The summed E-state index contributed by atoms with van der Waals surface area (Å²) < 4.78 is 0. The zero-order valence-corrected chi connectivity index (χ0v) is 18.5. The second-order valence-electron chi connectivity index (χ2n) is 8.28. The zero-order chi connectivity index (χ0) is 21.9. The fourth-order valence-corrected chi connectivity index (χ4v) is 4.38. The Morgan fingerprint density at radius 3 is 1.81 bits per heavy atom. The van der Waals surface area contributed by atoms with E-state index in [-0.39, 0.29) is 0 Å². The van der Waals surface area contributed by atoms with Crippen LogP contribution in [0, 0.1) is 0 Å². The highest BCUT2D eigenvalue weighted by Crippen LogP contribution is 2.40.